The Kier molecular flexibility index (Phi) is 5.19. The SMILES string of the molecule is COc1cc(C(=O)Nc2cccc(-c3ccc(Cl)nn3)c2)cc(C)c1C. The zero-order valence-electron chi connectivity index (χ0n) is 14.7. The smallest absolute Gasteiger partial charge is 0.255 e. The van der Waals surface area contributed by atoms with Crippen LogP contribution in [0.1, 0.15) is 21.5 Å². The van der Waals surface area contributed by atoms with Crippen LogP contribution < -0.4 is 10.1 Å². The molecule has 0 saturated carbocycles. The molecule has 0 saturated heterocycles. The lowest BCUT2D eigenvalue weighted by molar-refractivity contribution is 0.102. The van der Waals surface area contributed by atoms with Crippen LogP contribution in [0.4, 0.5) is 5.69 Å². The predicted octanol–water partition coefficient (Wildman–Crippen LogP) is 4.67. The van der Waals surface area contributed by atoms with E-state index in [9.17, 15) is 4.79 Å². The number of amides is 1. The maximum Gasteiger partial charge on any atom is 0.255 e. The van der Waals surface area contributed by atoms with Crippen molar-refractivity contribution in [2.45, 2.75) is 13.8 Å². The third-order valence-corrected chi connectivity index (χ3v) is 4.35. The van der Waals surface area contributed by atoms with Crippen molar-refractivity contribution >= 4 is 23.2 Å². The van der Waals surface area contributed by atoms with Crippen molar-refractivity contribution in [3.8, 4) is 17.0 Å². The minimum Gasteiger partial charge on any atom is -0.496 e. The molecule has 0 aliphatic heterocycles. The Labute approximate surface area is 157 Å². The number of ether oxygens (including phenoxy) is 1. The monoisotopic (exact) mass is 367 g/mol. The van der Waals surface area contributed by atoms with Gasteiger partial charge < -0.3 is 10.1 Å². The average molecular weight is 368 g/mol. The first-order valence-electron chi connectivity index (χ1n) is 8.04. The topological polar surface area (TPSA) is 64.1 Å². The highest BCUT2D eigenvalue weighted by molar-refractivity contribution is 6.29. The number of carbonyl (C=O) groups is 1. The number of methoxy groups -OCH3 is 1. The van der Waals surface area contributed by atoms with Gasteiger partial charge in [-0.1, -0.05) is 23.7 Å². The lowest BCUT2D eigenvalue weighted by Gasteiger charge is -2.12. The number of hydrogen-bond acceptors (Lipinski definition) is 4. The Morgan fingerprint density at radius 3 is 2.58 bits per heavy atom. The highest BCUT2D eigenvalue weighted by atomic mass is 35.5. The van der Waals surface area contributed by atoms with Gasteiger partial charge in [0.15, 0.2) is 5.15 Å². The van der Waals surface area contributed by atoms with Crippen molar-refractivity contribution in [3.05, 3.63) is 70.4 Å². The zero-order valence-corrected chi connectivity index (χ0v) is 15.5. The van der Waals surface area contributed by atoms with Crippen LogP contribution in [0.5, 0.6) is 5.75 Å². The molecule has 3 rings (SSSR count). The number of hydrogen-bond donors (Lipinski definition) is 1. The minimum absolute atomic E-state index is 0.203. The fourth-order valence-corrected chi connectivity index (χ4v) is 2.70. The molecule has 3 aromatic rings. The molecule has 132 valence electrons. The van der Waals surface area contributed by atoms with Gasteiger partial charge in [0.1, 0.15) is 5.75 Å². The van der Waals surface area contributed by atoms with E-state index in [0.717, 1.165) is 16.7 Å². The molecular weight excluding hydrogens is 350 g/mol. The first-order valence-corrected chi connectivity index (χ1v) is 8.42. The molecule has 0 unspecified atom stereocenters. The standard InChI is InChI=1S/C20H18ClN3O2/c1-12-9-15(11-18(26-3)13(12)2)20(25)22-16-6-4-5-14(10-16)17-7-8-19(21)24-23-17/h4-11H,1-3H3,(H,22,25). The third kappa shape index (κ3) is 3.83. The van der Waals surface area contributed by atoms with E-state index < -0.39 is 0 Å². The van der Waals surface area contributed by atoms with Gasteiger partial charge in [-0.3, -0.25) is 4.79 Å². The molecule has 6 heteroatoms. The average Bonchev–Trinajstić information content (AvgIpc) is 2.64. The quantitative estimate of drug-likeness (QED) is 0.727. The molecule has 26 heavy (non-hydrogen) atoms. The fraction of sp³-hybridized carbons (Fsp3) is 0.150. The summed E-state index contributed by atoms with van der Waals surface area (Å²) in [6, 6.07) is 14.5. The second kappa shape index (κ2) is 7.54. The number of nitrogens with one attached hydrogen (secondary N) is 1. The summed E-state index contributed by atoms with van der Waals surface area (Å²) < 4.78 is 5.35. The van der Waals surface area contributed by atoms with E-state index in [0.29, 0.717) is 27.8 Å². The Morgan fingerprint density at radius 1 is 1.08 bits per heavy atom. The van der Waals surface area contributed by atoms with Crippen LogP contribution in [0.2, 0.25) is 5.15 Å². The summed E-state index contributed by atoms with van der Waals surface area (Å²) in [5.41, 5.74) is 4.75. The molecule has 1 aromatic heterocycles. The predicted molar refractivity (Wildman–Crippen MR) is 103 cm³/mol. The molecule has 0 bridgehead atoms. The fourth-order valence-electron chi connectivity index (χ4n) is 2.60. The molecule has 0 spiro atoms. The Bertz CT molecular complexity index is 956. The summed E-state index contributed by atoms with van der Waals surface area (Å²) in [6.07, 6.45) is 0. The van der Waals surface area contributed by atoms with E-state index in [1.54, 1.807) is 25.3 Å². The van der Waals surface area contributed by atoms with Crippen LogP contribution in [-0.4, -0.2) is 23.2 Å². The Hall–Kier alpha value is -2.92. The number of halogens is 1. The minimum atomic E-state index is -0.203. The van der Waals surface area contributed by atoms with Crippen molar-refractivity contribution in [2.24, 2.45) is 0 Å². The zero-order chi connectivity index (χ0) is 18.7. The second-order valence-corrected chi connectivity index (χ2v) is 6.28. The first-order chi connectivity index (χ1) is 12.5. The van der Waals surface area contributed by atoms with Gasteiger partial charge in [0, 0.05) is 16.8 Å². The molecule has 1 heterocycles. The van der Waals surface area contributed by atoms with Crippen molar-refractivity contribution in [1.29, 1.82) is 0 Å². The normalized spacial score (nSPS) is 10.5. The lowest BCUT2D eigenvalue weighted by atomic mass is 10.0. The summed E-state index contributed by atoms with van der Waals surface area (Å²) in [5.74, 6) is 0.492. The molecule has 0 aliphatic carbocycles. The number of nitrogens with zero attached hydrogens (tertiary/aromatic N) is 2. The lowest BCUT2D eigenvalue weighted by Crippen LogP contribution is -2.12. The van der Waals surface area contributed by atoms with Gasteiger partial charge in [-0.15, -0.1) is 10.2 Å². The largest absolute Gasteiger partial charge is 0.496 e. The number of anilines is 1. The van der Waals surface area contributed by atoms with E-state index >= 15 is 0 Å². The molecule has 2 aromatic carbocycles. The van der Waals surface area contributed by atoms with Crippen molar-refractivity contribution in [1.82, 2.24) is 10.2 Å². The molecule has 0 radical (unpaired) electrons. The molecule has 0 aliphatic rings. The molecule has 0 fully saturated rings. The molecule has 1 amide bonds. The van der Waals surface area contributed by atoms with Gasteiger partial charge in [-0.2, -0.15) is 0 Å². The molecule has 0 atom stereocenters. The van der Waals surface area contributed by atoms with Crippen molar-refractivity contribution < 1.29 is 9.53 Å². The summed E-state index contributed by atoms with van der Waals surface area (Å²) in [6.45, 7) is 3.92. The van der Waals surface area contributed by atoms with E-state index in [1.165, 1.54) is 0 Å². The number of aryl methyl sites for hydroxylation is 1. The number of aromatic nitrogens is 2. The molecular formula is C20H18ClN3O2. The van der Waals surface area contributed by atoms with Gasteiger partial charge in [-0.05, 0) is 61.4 Å². The third-order valence-electron chi connectivity index (χ3n) is 4.15. The van der Waals surface area contributed by atoms with Gasteiger partial charge in [-0.25, -0.2) is 0 Å². The number of benzene rings is 2. The van der Waals surface area contributed by atoms with E-state index in [1.807, 2.05) is 44.2 Å². The van der Waals surface area contributed by atoms with Crippen LogP contribution in [0.15, 0.2) is 48.5 Å². The highest BCUT2D eigenvalue weighted by Crippen LogP contribution is 2.25. The van der Waals surface area contributed by atoms with Gasteiger partial charge in [0.2, 0.25) is 0 Å². The van der Waals surface area contributed by atoms with Crippen LogP contribution >= 0.6 is 11.6 Å². The van der Waals surface area contributed by atoms with Gasteiger partial charge in [0.25, 0.3) is 5.91 Å². The van der Waals surface area contributed by atoms with Gasteiger partial charge in [0.05, 0.1) is 12.8 Å². The summed E-state index contributed by atoms with van der Waals surface area (Å²) >= 11 is 5.77. The second-order valence-electron chi connectivity index (χ2n) is 5.90. The van der Waals surface area contributed by atoms with Crippen LogP contribution in [0.3, 0.4) is 0 Å². The maximum absolute atomic E-state index is 12.6. The summed E-state index contributed by atoms with van der Waals surface area (Å²) in [5, 5.41) is 11.1. The van der Waals surface area contributed by atoms with Crippen molar-refractivity contribution in [2.75, 3.05) is 12.4 Å². The van der Waals surface area contributed by atoms with Crippen LogP contribution in [0, 0.1) is 13.8 Å². The Balaban J connectivity index is 1.85. The molecule has 1 N–H and O–H groups in total. The summed E-state index contributed by atoms with van der Waals surface area (Å²) in [7, 11) is 1.60. The van der Waals surface area contributed by atoms with Crippen LogP contribution in [-0.2, 0) is 0 Å². The Morgan fingerprint density at radius 2 is 1.88 bits per heavy atom. The maximum atomic E-state index is 12.6. The van der Waals surface area contributed by atoms with E-state index in [2.05, 4.69) is 15.5 Å². The summed E-state index contributed by atoms with van der Waals surface area (Å²) in [4.78, 5) is 12.6. The number of rotatable bonds is 4. The van der Waals surface area contributed by atoms with E-state index in [-0.39, 0.29) is 5.91 Å². The number of carbonyl (C=O) groups excluding carboxylic acids is 1. The van der Waals surface area contributed by atoms with Crippen LogP contribution in [0.25, 0.3) is 11.3 Å². The first kappa shape index (κ1) is 17.9. The highest BCUT2D eigenvalue weighted by Gasteiger charge is 2.12. The van der Waals surface area contributed by atoms with Gasteiger partial charge >= 0.3 is 0 Å². The van der Waals surface area contributed by atoms with Crippen molar-refractivity contribution in [3.63, 3.8) is 0 Å². The van der Waals surface area contributed by atoms with E-state index in [4.69, 9.17) is 16.3 Å². The molecule has 5 nitrogen and oxygen atoms in total.